The second-order valence-corrected chi connectivity index (χ2v) is 8.85. The number of nitrogens with one attached hydrogen (secondary N) is 2. The number of unbranched alkanes of at least 4 members (excludes halogenated alkanes) is 1. The molecule has 8 nitrogen and oxygen atoms in total. The first-order valence-electron chi connectivity index (χ1n) is 11.2. The topological polar surface area (TPSA) is 79.6 Å². The Hall–Kier alpha value is -1.67. The van der Waals surface area contributed by atoms with Gasteiger partial charge in [0.1, 0.15) is 12.4 Å². The maximum Gasteiger partial charge on any atom is 0.191 e. The van der Waals surface area contributed by atoms with Crippen LogP contribution in [-0.2, 0) is 24.3 Å². The highest BCUT2D eigenvalue weighted by molar-refractivity contribution is 5.79. The first kappa shape index (κ1) is 22.0. The molecule has 0 amide bonds. The molecule has 3 rings (SSSR count). The minimum atomic E-state index is 0.321. The first-order chi connectivity index (χ1) is 14.1. The van der Waals surface area contributed by atoms with Crippen LogP contribution >= 0.6 is 0 Å². The molecule has 3 unspecified atom stereocenters. The number of aromatic nitrogens is 3. The van der Waals surface area contributed by atoms with Crippen molar-refractivity contribution in [2.75, 3.05) is 40.3 Å². The van der Waals surface area contributed by atoms with Crippen LogP contribution in [-0.4, -0.2) is 72.0 Å². The molecule has 0 aromatic carbocycles. The number of methoxy groups -OCH3 is 1. The van der Waals surface area contributed by atoms with Crippen LogP contribution in [0.4, 0.5) is 0 Å². The lowest BCUT2D eigenvalue weighted by atomic mass is 9.92. The highest BCUT2D eigenvalue weighted by atomic mass is 16.5. The van der Waals surface area contributed by atoms with Crippen LogP contribution in [0.2, 0.25) is 0 Å². The molecule has 2 N–H and O–H groups in total. The summed E-state index contributed by atoms with van der Waals surface area (Å²) in [6, 6.07) is 0.321. The quantitative estimate of drug-likeness (QED) is 0.389. The van der Waals surface area contributed by atoms with Crippen molar-refractivity contribution in [3.8, 4) is 0 Å². The van der Waals surface area contributed by atoms with Gasteiger partial charge in [0.15, 0.2) is 11.8 Å². The molecule has 29 heavy (non-hydrogen) atoms. The van der Waals surface area contributed by atoms with Crippen LogP contribution in [0.15, 0.2) is 4.99 Å². The third-order valence-corrected chi connectivity index (χ3v) is 5.88. The van der Waals surface area contributed by atoms with Gasteiger partial charge >= 0.3 is 0 Å². The van der Waals surface area contributed by atoms with Gasteiger partial charge in [-0.1, -0.05) is 13.8 Å². The highest BCUT2D eigenvalue weighted by Gasteiger charge is 2.23. The number of hydrogen-bond donors (Lipinski definition) is 2. The summed E-state index contributed by atoms with van der Waals surface area (Å²) in [4.78, 5) is 11.6. The lowest BCUT2D eigenvalue weighted by Crippen LogP contribution is -2.47. The smallest absolute Gasteiger partial charge is 0.191 e. The molecule has 164 valence electrons. The molecular weight excluding hydrogens is 366 g/mol. The van der Waals surface area contributed by atoms with Gasteiger partial charge in [0.05, 0.1) is 6.54 Å². The number of ether oxygens (including phenoxy) is 1. The molecule has 0 spiro atoms. The van der Waals surface area contributed by atoms with Gasteiger partial charge in [0.25, 0.3) is 0 Å². The van der Waals surface area contributed by atoms with E-state index in [0.717, 1.165) is 61.8 Å². The summed E-state index contributed by atoms with van der Waals surface area (Å²) in [5, 5.41) is 11.6. The van der Waals surface area contributed by atoms with Crippen molar-refractivity contribution in [2.45, 2.75) is 65.1 Å². The number of rotatable bonds is 8. The second kappa shape index (κ2) is 10.9. The summed E-state index contributed by atoms with van der Waals surface area (Å²) in [5.41, 5.74) is 0. The van der Waals surface area contributed by atoms with E-state index in [0.29, 0.717) is 12.6 Å². The minimum Gasteiger partial charge on any atom is -0.377 e. The zero-order valence-corrected chi connectivity index (χ0v) is 18.7. The Labute approximate surface area is 175 Å². The van der Waals surface area contributed by atoms with Gasteiger partial charge in [-0.25, -0.2) is 9.67 Å². The first-order valence-corrected chi connectivity index (χ1v) is 11.2. The summed E-state index contributed by atoms with van der Waals surface area (Å²) >= 11 is 0. The predicted octanol–water partition coefficient (Wildman–Crippen LogP) is 1.66. The van der Waals surface area contributed by atoms with Crippen LogP contribution in [0, 0.1) is 11.8 Å². The molecule has 1 aromatic heterocycles. The number of fused-ring (bicyclic) bond motifs is 1. The number of aliphatic imine (C=N–C) groups is 1. The van der Waals surface area contributed by atoms with E-state index >= 15 is 0 Å². The van der Waals surface area contributed by atoms with Crippen LogP contribution in [0.1, 0.15) is 51.2 Å². The Kier molecular flexibility index (Phi) is 8.29. The Balaban J connectivity index is 1.34. The van der Waals surface area contributed by atoms with Crippen LogP contribution in [0.25, 0.3) is 0 Å². The fourth-order valence-electron chi connectivity index (χ4n) is 4.70. The van der Waals surface area contributed by atoms with Crippen molar-refractivity contribution in [3.63, 3.8) is 0 Å². The third-order valence-electron chi connectivity index (χ3n) is 5.88. The molecule has 1 saturated heterocycles. The van der Waals surface area contributed by atoms with Gasteiger partial charge in [0.2, 0.25) is 0 Å². The predicted molar refractivity (Wildman–Crippen MR) is 116 cm³/mol. The number of nitrogens with zero attached hydrogens (tertiary/aromatic N) is 5. The molecule has 0 aliphatic carbocycles. The number of likely N-dealkylation sites (tertiary alicyclic amines) is 1. The van der Waals surface area contributed by atoms with E-state index in [9.17, 15) is 0 Å². The SMILES string of the molecule is CN=C(NCCCCN1CC(C)CC(C)C1)NC1CCc2nc(COC)nn2C1. The van der Waals surface area contributed by atoms with Gasteiger partial charge in [-0.15, -0.1) is 0 Å². The lowest BCUT2D eigenvalue weighted by Gasteiger charge is -2.35. The monoisotopic (exact) mass is 405 g/mol. The molecule has 2 aliphatic rings. The second-order valence-electron chi connectivity index (χ2n) is 8.85. The van der Waals surface area contributed by atoms with Crippen molar-refractivity contribution < 1.29 is 4.74 Å². The molecule has 1 fully saturated rings. The van der Waals surface area contributed by atoms with Gasteiger partial charge in [-0.3, -0.25) is 4.99 Å². The van der Waals surface area contributed by atoms with Crippen LogP contribution < -0.4 is 10.6 Å². The normalized spacial score (nSPS) is 25.7. The minimum absolute atomic E-state index is 0.321. The maximum absolute atomic E-state index is 5.14. The third kappa shape index (κ3) is 6.67. The van der Waals surface area contributed by atoms with Gasteiger partial charge in [0, 0.05) is 46.3 Å². The largest absolute Gasteiger partial charge is 0.377 e. The molecular formula is C21H39N7O. The van der Waals surface area contributed by atoms with Crippen LogP contribution in [0.3, 0.4) is 0 Å². The molecule has 2 aliphatic heterocycles. The Morgan fingerprint density at radius 3 is 2.72 bits per heavy atom. The average molecular weight is 406 g/mol. The van der Waals surface area contributed by atoms with Crippen molar-refractivity contribution >= 4 is 5.96 Å². The molecule has 0 saturated carbocycles. The summed E-state index contributed by atoms with van der Waals surface area (Å²) in [6.07, 6.45) is 5.75. The molecule has 8 heteroatoms. The van der Waals surface area contributed by atoms with Crippen molar-refractivity contribution in [2.24, 2.45) is 16.8 Å². The summed E-state index contributed by atoms with van der Waals surface area (Å²) < 4.78 is 7.14. The highest BCUT2D eigenvalue weighted by Crippen LogP contribution is 2.21. The molecule has 0 bridgehead atoms. The number of hydrogen-bond acceptors (Lipinski definition) is 5. The van der Waals surface area contributed by atoms with E-state index < -0.39 is 0 Å². The maximum atomic E-state index is 5.14. The van der Waals surface area contributed by atoms with Gasteiger partial charge in [-0.2, -0.15) is 5.10 Å². The van der Waals surface area contributed by atoms with E-state index in [2.05, 4.69) is 44.5 Å². The van der Waals surface area contributed by atoms with E-state index in [1.54, 1.807) is 7.11 Å². The standard InChI is InChI=1S/C21H39N7O/c1-16-11-17(2)13-27(12-16)10-6-5-9-23-21(22-3)24-18-7-8-20-25-19(15-29-4)26-28(20)14-18/h16-18H,5-15H2,1-4H3,(H2,22,23,24). The lowest BCUT2D eigenvalue weighted by molar-refractivity contribution is 0.139. The summed E-state index contributed by atoms with van der Waals surface area (Å²) in [7, 11) is 3.51. The number of guanidine groups is 1. The molecule has 3 heterocycles. The summed E-state index contributed by atoms with van der Waals surface area (Å²) in [6.45, 7) is 10.7. The fraction of sp³-hybridized carbons (Fsp3) is 0.857. The number of aryl methyl sites for hydroxylation is 1. The van der Waals surface area contributed by atoms with Crippen LogP contribution in [0.5, 0.6) is 0 Å². The number of piperidine rings is 1. The van der Waals surface area contributed by atoms with E-state index in [1.165, 1.54) is 32.5 Å². The average Bonchev–Trinajstić information content (AvgIpc) is 3.08. The molecule has 0 radical (unpaired) electrons. The fourth-order valence-corrected chi connectivity index (χ4v) is 4.70. The zero-order valence-electron chi connectivity index (χ0n) is 18.7. The Morgan fingerprint density at radius 1 is 1.21 bits per heavy atom. The molecule has 1 aromatic rings. The summed E-state index contributed by atoms with van der Waals surface area (Å²) in [5.74, 6) is 4.39. The van der Waals surface area contributed by atoms with Gasteiger partial charge < -0.3 is 20.3 Å². The molecule has 3 atom stereocenters. The van der Waals surface area contributed by atoms with E-state index in [4.69, 9.17) is 4.74 Å². The van der Waals surface area contributed by atoms with E-state index in [1.807, 2.05) is 11.7 Å². The van der Waals surface area contributed by atoms with Crippen molar-refractivity contribution in [1.82, 2.24) is 30.3 Å². The zero-order chi connectivity index (χ0) is 20.6. The van der Waals surface area contributed by atoms with Crippen molar-refractivity contribution in [3.05, 3.63) is 11.6 Å². The van der Waals surface area contributed by atoms with Gasteiger partial charge in [-0.05, 0) is 44.1 Å². The Morgan fingerprint density at radius 2 is 2.00 bits per heavy atom. The van der Waals surface area contributed by atoms with Crippen molar-refractivity contribution in [1.29, 1.82) is 0 Å². The van der Waals surface area contributed by atoms with E-state index in [-0.39, 0.29) is 0 Å². The Bertz CT molecular complexity index is 649.